The van der Waals surface area contributed by atoms with Crippen molar-refractivity contribution in [1.82, 2.24) is 5.32 Å². The highest BCUT2D eigenvalue weighted by atomic mass is 14.9. The molecule has 0 saturated carbocycles. The fraction of sp³-hybridized carbons (Fsp3) is 0.778. The predicted molar refractivity (Wildman–Crippen MR) is 47.1 cm³/mol. The van der Waals surface area contributed by atoms with E-state index in [1.54, 1.807) is 0 Å². The van der Waals surface area contributed by atoms with E-state index in [9.17, 15) is 0 Å². The standard InChI is InChI=1S/C9H19N/c1-6-9(7(2)3)10-8(4)5/h6-10H,1H2,2-5H3. The molecule has 0 spiro atoms. The molecule has 0 heterocycles. The van der Waals surface area contributed by atoms with Crippen molar-refractivity contribution in [2.45, 2.75) is 39.8 Å². The van der Waals surface area contributed by atoms with E-state index in [2.05, 4.69) is 39.6 Å². The molecule has 0 rings (SSSR count). The van der Waals surface area contributed by atoms with Crippen LogP contribution in [0.15, 0.2) is 12.7 Å². The zero-order valence-corrected chi connectivity index (χ0v) is 7.52. The van der Waals surface area contributed by atoms with Gasteiger partial charge in [0.1, 0.15) is 0 Å². The van der Waals surface area contributed by atoms with E-state index >= 15 is 0 Å². The SMILES string of the molecule is C=CC(NC(C)C)C(C)C. The van der Waals surface area contributed by atoms with Gasteiger partial charge in [-0.05, 0) is 5.92 Å². The quantitative estimate of drug-likeness (QED) is 0.592. The highest BCUT2D eigenvalue weighted by Gasteiger charge is 2.08. The van der Waals surface area contributed by atoms with Gasteiger partial charge in [0, 0.05) is 12.1 Å². The summed E-state index contributed by atoms with van der Waals surface area (Å²) in [7, 11) is 0. The molecule has 1 unspecified atom stereocenters. The molecule has 0 aromatic rings. The highest BCUT2D eigenvalue weighted by molar-refractivity contribution is 4.88. The first-order valence-electron chi connectivity index (χ1n) is 3.96. The first-order chi connectivity index (χ1) is 4.57. The summed E-state index contributed by atoms with van der Waals surface area (Å²) in [4.78, 5) is 0. The summed E-state index contributed by atoms with van der Waals surface area (Å²) >= 11 is 0. The Morgan fingerprint density at radius 1 is 1.20 bits per heavy atom. The molecule has 1 heteroatoms. The minimum Gasteiger partial charge on any atom is -0.308 e. The van der Waals surface area contributed by atoms with Crippen molar-refractivity contribution in [2.24, 2.45) is 5.92 Å². The zero-order valence-electron chi connectivity index (χ0n) is 7.52. The monoisotopic (exact) mass is 141 g/mol. The summed E-state index contributed by atoms with van der Waals surface area (Å²) < 4.78 is 0. The van der Waals surface area contributed by atoms with Gasteiger partial charge in [0.15, 0.2) is 0 Å². The van der Waals surface area contributed by atoms with Crippen molar-refractivity contribution in [2.75, 3.05) is 0 Å². The van der Waals surface area contributed by atoms with Crippen molar-refractivity contribution in [3.05, 3.63) is 12.7 Å². The van der Waals surface area contributed by atoms with Gasteiger partial charge >= 0.3 is 0 Å². The van der Waals surface area contributed by atoms with Gasteiger partial charge in [-0.1, -0.05) is 33.8 Å². The smallest absolute Gasteiger partial charge is 0.0272 e. The van der Waals surface area contributed by atoms with Crippen molar-refractivity contribution in [1.29, 1.82) is 0 Å². The molecule has 0 aliphatic rings. The molecule has 0 aromatic heterocycles. The maximum Gasteiger partial charge on any atom is 0.0272 e. The Morgan fingerprint density at radius 3 is 1.80 bits per heavy atom. The first-order valence-corrected chi connectivity index (χ1v) is 3.96. The van der Waals surface area contributed by atoms with Gasteiger partial charge in [-0.25, -0.2) is 0 Å². The fourth-order valence-corrected chi connectivity index (χ4v) is 0.918. The third-order valence-corrected chi connectivity index (χ3v) is 1.50. The lowest BCUT2D eigenvalue weighted by Crippen LogP contribution is -2.36. The van der Waals surface area contributed by atoms with Gasteiger partial charge in [-0.3, -0.25) is 0 Å². The number of hydrogen-bond donors (Lipinski definition) is 1. The summed E-state index contributed by atoms with van der Waals surface area (Å²) in [6.45, 7) is 12.5. The van der Waals surface area contributed by atoms with E-state index in [0.29, 0.717) is 18.0 Å². The third-order valence-electron chi connectivity index (χ3n) is 1.50. The maximum absolute atomic E-state index is 3.77. The van der Waals surface area contributed by atoms with Crippen LogP contribution >= 0.6 is 0 Å². The molecule has 0 radical (unpaired) electrons. The summed E-state index contributed by atoms with van der Waals surface area (Å²) in [6, 6.07) is 1.00. The Bertz CT molecular complexity index is 94.9. The van der Waals surface area contributed by atoms with Crippen LogP contribution in [0.3, 0.4) is 0 Å². The van der Waals surface area contributed by atoms with E-state index in [0.717, 1.165) is 0 Å². The van der Waals surface area contributed by atoms with E-state index in [4.69, 9.17) is 0 Å². The molecule has 0 aromatic carbocycles. The maximum atomic E-state index is 3.77. The molecule has 0 aliphatic heterocycles. The van der Waals surface area contributed by atoms with Crippen molar-refractivity contribution >= 4 is 0 Å². The van der Waals surface area contributed by atoms with Gasteiger partial charge in [-0.2, -0.15) is 0 Å². The molecule has 60 valence electrons. The van der Waals surface area contributed by atoms with Crippen molar-refractivity contribution < 1.29 is 0 Å². The number of rotatable bonds is 4. The van der Waals surface area contributed by atoms with Crippen LogP contribution in [0.1, 0.15) is 27.7 Å². The second-order valence-corrected chi connectivity index (χ2v) is 3.33. The van der Waals surface area contributed by atoms with Gasteiger partial charge in [0.25, 0.3) is 0 Å². The number of nitrogens with one attached hydrogen (secondary N) is 1. The van der Waals surface area contributed by atoms with E-state index in [1.165, 1.54) is 0 Å². The van der Waals surface area contributed by atoms with Crippen molar-refractivity contribution in [3.63, 3.8) is 0 Å². The molecule has 0 saturated heterocycles. The Kier molecular flexibility index (Phi) is 4.37. The van der Waals surface area contributed by atoms with Crippen LogP contribution in [0.5, 0.6) is 0 Å². The summed E-state index contributed by atoms with van der Waals surface area (Å²) in [6.07, 6.45) is 1.98. The second-order valence-electron chi connectivity index (χ2n) is 3.33. The second kappa shape index (κ2) is 4.51. The van der Waals surface area contributed by atoms with Crippen LogP contribution in [0, 0.1) is 5.92 Å². The highest BCUT2D eigenvalue weighted by Crippen LogP contribution is 2.02. The van der Waals surface area contributed by atoms with E-state index < -0.39 is 0 Å². The van der Waals surface area contributed by atoms with Gasteiger partial charge in [0.05, 0.1) is 0 Å². The summed E-state index contributed by atoms with van der Waals surface area (Å²) in [5.74, 6) is 0.639. The van der Waals surface area contributed by atoms with Crippen LogP contribution in [-0.4, -0.2) is 12.1 Å². The lowest BCUT2D eigenvalue weighted by Gasteiger charge is -2.20. The lowest BCUT2D eigenvalue weighted by molar-refractivity contribution is 0.429. The first kappa shape index (κ1) is 9.70. The average molecular weight is 141 g/mol. The van der Waals surface area contributed by atoms with Crippen LogP contribution in [0.25, 0.3) is 0 Å². The lowest BCUT2D eigenvalue weighted by atomic mass is 10.0. The Morgan fingerprint density at radius 2 is 1.70 bits per heavy atom. The number of hydrogen-bond acceptors (Lipinski definition) is 1. The molecule has 0 bridgehead atoms. The average Bonchev–Trinajstić information content (AvgIpc) is 1.81. The largest absolute Gasteiger partial charge is 0.308 e. The molecule has 1 N–H and O–H groups in total. The summed E-state index contributed by atoms with van der Waals surface area (Å²) in [5.41, 5.74) is 0. The predicted octanol–water partition coefficient (Wildman–Crippen LogP) is 2.20. The molecule has 1 nitrogen and oxygen atoms in total. The zero-order chi connectivity index (χ0) is 8.15. The Hall–Kier alpha value is -0.300. The van der Waals surface area contributed by atoms with Crippen LogP contribution in [0.4, 0.5) is 0 Å². The van der Waals surface area contributed by atoms with Crippen LogP contribution in [-0.2, 0) is 0 Å². The third kappa shape index (κ3) is 3.67. The van der Waals surface area contributed by atoms with E-state index in [1.807, 2.05) is 6.08 Å². The molecular formula is C9H19N. The van der Waals surface area contributed by atoms with Gasteiger partial charge in [0.2, 0.25) is 0 Å². The normalized spacial score (nSPS) is 14.2. The van der Waals surface area contributed by atoms with Crippen LogP contribution in [0.2, 0.25) is 0 Å². The molecule has 0 amide bonds. The summed E-state index contributed by atoms with van der Waals surface area (Å²) in [5, 5.41) is 3.41. The molecule has 10 heavy (non-hydrogen) atoms. The Labute approximate surface area is 64.5 Å². The molecular weight excluding hydrogens is 122 g/mol. The molecule has 0 fully saturated rings. The van der Waals surface area contributed by atoms with Crippen LogP contribution < -0.4 is 5.32 Å². The van der Waals surface area contributed by atoms with Gasteiger partial charge in [-0.15, -0.1) is 6.58 Å². The minimum absolute atomic E-state index is 0.458. The van der Waals surface area contributed by atoms with Crippen molar-refractivity contribution in [3.8, 4) is 0 Å². The van der Waals surface area contributed by atoms with E-state index in [-0.39, 0.29) is 0 Å². The fourth-order valence-electron chi connectivity index (χ4n) is 0.918. The Balaban J connectivity index is 3.71. The molecule has 0 aliphatic carbocycles. The minimum atomic E-state index is 0.458. The topological polar surface area (TPSA) is 12.0 Å². The molecule has 1 atom stereocenters. The van der Waals surface area contributed by atoms with Gasteiger partial charge < -0.3 is 5.32 Å².